The van der Waals surface area contributed by atoms with E-state index in [1.54, 1.807) is 11.8 Å². The maximum atomic E-state index is 13.5. The van der Waals surface area contributed by atoms with Crippen molar-refractivity contribution in [2.75, 3.05) is 24.7 Å². The lowest BCUT2D eigenvalue weighted by Gasteiger charge is -2.55. The van der Waals surface area contributed by atoms with Crippen LogP contribution in [0.5, 0.6) is 0 Å². The van der Waals surface area contributed by atoms with Crippen LogP contribution in [0.25, 0.3) is 0 Å². The van der Waals surface area contributed by atoms with Gasteiger partial charge in [0.25, 0.3) is 0 Å². The topological polar surface area (TPSA) is 71.0 Å². The molecule has 1 N–H and O–H groups in total. The summed E-state index contributed by atoms with van der Waals surface area (Å²) < 4.78 is 5.13. The fraction of sp³-hybridized carbons (Fsp3) is 0.593. The van der Waals surface area contributed by atoms with Crippen LogP contribution in [0.1, 0.15) is 63.5 Å². The van der Waals surface area contributed by atoms with Crippen molar-refractivity contribution in [1.29, 1.82) is 0 Å². The third-order valence-electron chi connectivity index (χ3n) is 8.67. The highest BCUT2D eigenvalue weighted by atomic mass is 32.2. The molecule has 7 rings (SSSR count). The SMILES string of the molecule is COC(=O)C1=C(C)N=C2SCCCN2C1c1ccc(NC(=O)C23CC4CC(CC(C4)C2)C3)cc1. The Labute approximate surface area is 205 Å². The van der Waals surface area contributed by atoms with Crippen LogP contribution >= 0.6 is 11.8 Å². The molecule has 1 atom stereocenters. The number of anilines is 1. The number of rotatable bonds is 4. The van der Waals surface area contributed by atoms with Gasteiger partial charge in [0, 0.05) is 18.0 Å². The van der Waals surface area contributed by atoms with Gasteiger partial charge >= 0.3 is 5.97 Å². The number of nitrogens with one attached hydrogen (secondary N) is 1. The number of esters is 1. The lowest BCUT2D eigenvalue weighted by Crippen LogP contribution is -2.51. The summed E-state index contributed by atoms with van der Waals surface area (Å²) in [6, 6.07) is 7.83. The van der Waals surface area contributed by atoms with E-state index < -0.39 is 0 Å². The molecule has 4 saturated carbocycles. The molecule has 7 heteroatoms. The molecule has 0 spiro atoms. The predicted molar refractivity (Wildman–Crippen MR) is 134 cm³/mol. The number of methoxy groups -OCH3 is 1. The highest BCUT2D eigenvalue weighted by molar-refractivity contribution is 8.13. The molecule has 1 saturated heterocycles. The zero-order chi connectivity index (χ0) is 23.4. The lowest BCUT2D eigenvalue weighted by molar-refractivity contribution is -0.140. The highest BCUT2D eigenvalue weighted by Gasteiger charge is 2.54. The number of amidine groups is 1. The number of fused-ring (bicyclic) bond motifs is 1. The number of ether oxygens (including phenoxy) is 1. The lowest BCUT2D eigenvalue weighted by atomic mass is 9.49. The van der Waals surface area contributed by atoms with E-state index in [1.807, 2.05) is 31.2 Å². The first-order chi connectivity index (χ1) is 16.5. The molecule has 4 aliphatic carbocycles. The first kappa shape index (κ1) is 22.2. The number of hydrogen-bond acceptors (Lipinski definition) is 6. The molecule has 4 bridgehead atoms. The van der Waals surface area contributed by atoms with Crippen molar-refractivity contribution in [3.05, 3.63) is 41.1 Å². The molecule has 1 unspecified atom stereocenters. The molecule has 2 heterocycles. The molecule has 180 valence electrons. The minimum atomic E-state index is -0.333. The summed E-state index contributed by atoms with van der Waals surface area (Å²) in [6.07, 6.45) is 8.23. The quantitative estimate of drug-likeness (QED) is 0.606. The van der Waals surface area contributed by atoms with Crippen molar-refractivity contribution in [2.45, 2.75) is 57.9 Å². The molecule has 6 aliphatic rings. The minimum Gasteiger partial charge on any atom is -0.466 e. The maximum absolute atomic E-state index is 13.5. The van der Waals surface area contributed by atoms with E-state index in [4.69, 9.17) is 9.73 Å². The fourth-order valence-electron chi connectivity index (χ4n) is 7.59. The normalized spacial score (nSPS) is 33.9. The predicted octanol–water partition coefficient (Wildman–Crippen LogP) is 5.14. The standard InChI is InChI=1S/C27H33N3O3S/c1-16-22(24(31)33-2)23(30-8-3-9-34-26(30)28-16)20-4-6-21(7-5-20)29-25(32)27-13-17-10-18(14-27)12-19(11-17)15-27/h4-7,17-19,23H,3,8-15H2,1-2H3,(H,29,32). The average Bonchev–Trinajstić information content (AvgIpc) is 2.82. The number of thioether (sulfide) groups is 1. The number of hydrogen-bond donors (Lipinski definition) is 1. The summed E-state index contributed by atoms with van der Waals surface area (Å²) in [4.78, 5) is 33.1. The molecule has 2 aliphatic heterocycles. The maximum Gasteiger partial charge on any atom is 0.338 e. The zero-order valence-electron chi connectivity index (χ0n) is 20.0. The smallest absolute Gasteiger partial charge is 0.338 e. The van der Waals surface area contributed by atoms with Crippen LogP contribution in [0.2, 0.25) is 0 Å². The third kappa shape index (κ3) is 3.67. The number of carbonyl (C=O) groups is 2. The summed E-state index contributed by atoms with van der Waals surface area (Å²) in [7, 11) is 1.42. The van der Waals surface area contributed by atoms with E-state index in [1.165, 1.54) is 26.4 Å². The number of nitrogens with zero attached hydrogens (tertiary/aromatic N) is 2. The highest BCUT2D eigenvalue weighted by Crippen LogP contribution is 2.60. The van der Waals surface area contributed by atoms with Crippen molar-refractivity contribution in [3.63, 3.8) is 0 Å². The Morgan fingerprint density at radius 3 is 2.35 bits per heavy atom. The Kier molecular flexibility index (Phi) is 5.51. The van der Waals surface area contributed by atoms with Gasteiger partial charge in [-0.15, -0.1) is 0 Å². The molecule has 34 heavy (non-hydrogen) atoms. The van der Waals surface area contributed by atoms with Crippen LogP contribution < -0.4 is 5.32 Å². The van der Waals surface area contributed by atoms with Crippen molar-refractivity contribution in [3.8, 4) is 0 Å². The van der Waals surface area contributed by atoms with Crippen molar-refractivity contribution >= 4 is 34.5 Å². The van der Waals surface area contributed by atoms with Gasteiger partial charge in [-0.25, -0.2) is 9.79 Å². The first-order valence-corrected chi connectivity index (χ1v) is 13.6. The number of benzene rings is 1. The number of carbonyl (C=O) groups excluding carboxylic acids is 2. The Hall–Kier alpha value is -2.28. The summed E-state index contributed by atoms with van der Waals surface area (Å²) >= 11 is 1.74. The van der Waals surface area contributed by atoms with E-state index in [0.717, 1.165) is 77.9 Å². The molecular weight excluding hydrogens is 446 g/mol. The van der Waals surface area contributed by atoms with Crippen molar-refractivity contribution in [1.82, 2.24) is 4.90 Å². The van der Waals surface area contributed by atoms with E-state index >= 15 is 0 Å². The zero-order valence-corrected chi connectivity index (χ0v) is 20.8. The van der Waals surface area contributed by atoms with Gasteiger partial charge in [-0.2, -0.15) is 0 Å². The van der Waals surface area contributed by atoms with Crippen LogP contribution in [0.3, 0.4) is 0 Å². The molecule has 0 aromatic heterocycles. The monoisotopic (exact) mass is 479 g/mol. The van der Waals surface area contributed by atoms with Gasteiger partial charge in [-0.3, -0.25) is 4.79 Å². The summed E-state index contributed by atoms with van der Waals surface area (Å²) in [6.45, 7) is 2.74. The van der Waals surface area contributed by atoms with Crippen LogP contribution in [-0.4, -0.2) is 41.4 Å². The van der Waals surface area contributed by atoms with Crippen LogP contribution in [-0.2, 0) is 14.3 Å². The summed E-state index contributed by atoms with van der Waals surface area (Å²) in [5, 5.41) is 4.23. The molecule has 5 fully saturated rings. The molecular formula is C27H33N3O3S. The minimum absolute atomic E-state index is 0.162. The van der Waals surface area contributed by atoms with Crippen LogP contribution in [0.15, 0.2) is 40.5 Å². The second-order valence-corrected chi connectivity index (χ2v) is 12.0. The van der Waals surface area contributed by atoms with Gasteiger partial charge in [-0.1, -0.05) is 23.9 Å². The Bertz CT molecular complexity index is 1040. The van der Waals surface area contributed by atoms with E-state index in [9.17, 15) is 9.59 Å². The van der Waals surface area contributed by atoms with Gasteiger partial charge < -0.3 is 15.0 Å². The number of allylic oxidation sites excluding steroid dienone is 1. The van der Waals surface area contributed by atoms with Crippen LogP contribution in [0, 0.1) is 23.2 Å². The Morgan fingerprint density at radius 2 is 1.74 bits per heavy atom. The van der Waals surface area contributed by atoms with E-state index in [2.05, 4.69) is 10.2 Å². The summed E-state index contributed by atoms with van der Waals surface area (Å²) in [5.41, 5.74) is 3.01. The third-order valence-corrected chi connectivity index (χ3v) is 9.74. The van der Waals surface area contributed by atoms with E-state index in [-0.39, 0.29) is 23.3 Å². The van der Waals surface area contributed by atoms with Gasteiger partial charge in [0.2, 0.25) is 5.91 Å². The van der Waals surface area contributed by atoms with Gasteiger partial charge in [-0.05, 0) is 87.3 Å². The van der Waals surface area contributed by atoms with Gasteiger partial charge in [0.05, 0.1) is 29.8 Å². The van der Waals surface area contributed by atoms with Gasteiger partial charge in [0.1, 0.15) is 0 Å². The van der Waals surface area contributed by atoms with Crippen LogP contribution in [0.4, 0.5) is 5.69 Å². The second kappa shape index (κ2) is 8.43. The molecule has 1 amide bonds. The first-order valence-electron chi connectivity index (χ1n) is 12.6. The molecule has 6 nitrogen and oxygen atoms in total. The number of amides is 1. The second-order valence-electron chi connectivity index (χ2n) is 11.0. The average molecular weight is 480 g/mol. The van der Waals surface area contributed by atoms with Crippen molar-refractivity contribution < 1.29 is 14.3 Å². The van der Waals surface area contributed by atoms with E-state index in [0.29, 0.717) is 5.57 Å². The Balaban J connectivity index is 1.24. The Morgan fingerprint density at radius 1 is 1.09 bits per heavy atom. The number of aliphatic imine (C=N–C) groups is 1. The molecule has 0 radical (unpaired) electrons. The van der Waals surface area contributed by atoms with Crippen molar-refractivity contribution in [2.24, 2.45) is 28.2 Å². The molecule has 1 aromatic carbocycles. The summed E-state index contributed by atoms with van der Waals surface area (Å²) in [5.74, 6) is 3.16. The van der Waals surface area contributed by atoms with Gasteiger partial charge in [0.15, 0.2) is 5.17 Å². The fourth-order valence-corrected chi connectivity index (χ4v) is 8.61. The largest absolute Gasteiger partial charge is 0.466 e. The molecule has 1 aromatic rings.